The molecule has 0 atom stereocenters. The van der Waals surface area contributed by atoms with Crippen LogP contribution in [-0.4, -0.2) is 43.8 Å². The van der Waals surface area contributed by atoms with Gasteiger partial charge in [0.2, 0.25) is 10.0 Å². The van der Waals surface area contributed by atoms with Crippen molar-refractivity contribution in [3.63, 3.8) is 0 Å². The van der Waals surface area contributed by atoms with Crippen molar-refractivity contribution >= 4 is 21.9 Å². The number of carbonyl (C=O) groups is 1. The second kappa shape index (κ2) is 7.94. The van der Waals surface area contributed by atoms with Crippen molar-refractivity contribution in [3.05, 3.63) is 59.7 Å². The van der Waals surface area contributed by atoms with E-state index in [1.54, 1.807) is 18.2 Å². The smallest absolute Gasteiger partial charge is 0.243 e. The largest absolute Gasteiger partial charge is 0.504 e. The third kappa shape index (κ3) is 4.20. The Balaban J connectivity index is 1.73. The zero-order valence-electron chi connectivity index (χ0n) is 15.0. The van der Waals surface area contributed by atoms with Crippen molar-refractivity contribution < 1.29 is 23.1 Å². The highest BCUT2D eigenvalue weighted by Crippen LogP contribution is 2.27. The Morgan fingerprint density at radius 3 is 2.37 bits per heavy atom. The van der Waals surface area contributed by atoms with E-state index in [1.165, 1.54) is 47.8 Å². The van der Waals surface area contributed by atoms with Crippen LogP contribution in [0.15, 0.2) is 53.4 Å². The van der Waals surface area contributed by atoms with Gasteiger partial charge in [-0.1, -0.05) is 12.1 Å². The number of allylic oxidation sites excluding steroid dienone is 1. The zero-order valence-corrected chi connectivity index (χ0v) is 15.8. The summed E-state index contributed by atoms with van der Waals surface area (Å²) in [6.07, 6.45) is 4.71. The van der Waals surface area contributed by atoms with Gasteiger partial charge in [-0.3, -0.25) is 4.79 Å². The lowest BCUT2D eigenvalue weighted by molar-refractivity contribution is 0.104. The standard InChI is InChI=1S/C20H21NO5S/c1-26-20-11-5-15(14-19(20)23)4-10-18(22)16-6-8-17(9-7-16)27(24,25)21-12-2-3-13-21/h4-11,14,23H,2-3,12-13H2,1H3. The minimum atomic E-state index is -3.48. The molecule has 142 valence electrons. The Kier molecular flexibility index (Phi) is 5.62. The highest BCUT2D eigenvalue weighted by molar-refractivity contribution is 7.89. The molecule has 2 aromatic carbocycles. The molecule has 0 aliphatic carbocycles. The number of rotatable bonds is 6. The average molecular weight is 387 g/mol. The van der Waals surface area contributed by atoms with Gasteiger partial charge in [0.1, 0.15) is 0 Å². The molecule has 0 unspecified atom stereocenters. The maximum atomic E-state index is 12.5. The summed E-state index contributed by atoms with van der Waals surface area (Å²) in [5.41, 5.74) is 1.04. The van der Waals surface area contributed by atoms with Crippen molar-refractivity contribution in [1.29, 1.82) is 0 Å². The highest BCUT2D eigenvalue weighted by atomic mass is 32.2. The summed E-state index contributed by atoms with van der Waals surface area (Å²) < 4.78 is 31.5. The van der Waals surface area contributed by atoms with Gasteiger partial charge in [0.05, 0.1) is 12.0 Å². The summed E-state index contributed by atoms with van der Waals surface area (Å²) in [5, 5.41) is 9.77. The van der Waals surface area contributed by atoms with Crippen molar-refractivity contribution in [1.82, 2.24) is 4.31 Å². The number of phenolic OH excluding ortho intramolecular Hbond substituents is 1. The molecule has 0 aromatic heterocycles. The molecule has 2 aromatic rings. The molecule has 1 fully saturated rings. The topological polar surface area (TPSA) is 83.9 Å². The van der Waals surface area contributed by atoms with Crippen molar-refractivity contribution in [2.75, 3.05) is 20.2 Å². The minimum absolute atomic E-state index is 0.0106. The fraction of sp³-hybridized carbons (Fsp3) is 0.250. The van der Waals surface area contributed by atoms with Gasteiger partial charge in [0, 0.05) is 18.7 Å². The number of benzene rings is 2. The van der Waals surface area contributed by atoms with E-state index < -0.39 is 10.0 Å². The molecule has 6 nitrogen and oxygen atoms in total. The molecular formula is C20H21NO5S. The first kappa shape index (κ1) is 19.1. The molecule has 1 N–H and O–H groups in total. The molecule has 3 rings (SSSR count). The molecule has 0 amide bonds. The van der Waals surface area contributed by atoms with Crippen LogP contribution in [0.4, 0.5) is 0 Å². The molecule has 1 aliphatic rings. The third-order valence-corrected chi connectivity index (χ3v) is 6.38. The van der Waals surface area contributed by atoms with Crippen LogP contribution in [0.5, 0.6) is 11.5 Å². The second-order valence-corrected chi connectivity index (χ2v) is 8.20. The van der Waals surface area contributed by atoms with E-state index >= 15 is 0 Å². The molecule has 27 heavy (non-hydrogen) atoms. The average Bonchev–Trinajstić information content (AvgIpc) is 3.22. The highest BCUT2D eigenvalue weighted by Gasteiger charge is 2.27. The molecule has 1 aliphatic heterocycles. The molecular weight excluding hydrogens is 366 g/mol. The van der Waals surface area contributed by atoms with E-state index in [2.05, 4.69) is 0 Å². The number of sulfonamides is 1. The van der Waals surface area contributed by atoms with Crippen LogP contribution < -0.4 is 4.74 Å². The summed E-state index contributed by atoms with van der Waals surface area (Å²) in [4.78, 5) is 12.5. The number of ether oxygens (including phenoxy) is 1. The van der Waals surface area contributed by atoms with E-state index in [0.29, 0.717) is 30.0 Å². The Morgan fingerprint density at radius 2 is 1.78 bits per heavy atom. The van der Waals surface area contributed by atoms with Crippen LogP contribution in [0.25, 0.3) is 6.08 Å². The van der Waals surface area contributed by atoms with Crippen LogP contribution in [-0.2, 0) is 10.0 Å². The van der Waals surface area contributed by atoms with E-state index in [9.17, 15) is 18.3 Å². The molecule has 0 spiro atoms. The van der Waals surface area contributed by atoms with Gasteiger partial charge < -0.3 is 9.84 Å². The SMILES string of the molecule is COc1ccc(C=CC(=O)c2ccc(S(=O)(=O)N3CCCC3)cc2)cc1O. The quantitative estimate of drug-likeness (QED) is 0.608. The summed E-state index contributed by atoms with van der Waals surface area (Å²) in [5.74, 6) is 0.0901. The lowest BCUT2D eigenvalue weighted by Gasteiger charge is -2.15. The third-order valence-electron chi connectivity index (χ3n) is 4.47. The normalized spacial score (nSPS) is 15.3. The molecule has 0 bridgehead atoms. The first-order valence-electron chi connectivity index (χ1n) is 8.61. The lowest BCUT2D eigenvalue weighted by atomic mass is 10.1. The molecule has 0 saturated carbocycles. The van der Waals surface area contributed by atoms with Crippen LogP contribution >= 0.6 is 0 Å². The molecule has 7 heteroatoms. The molecule has 0 radical (unpaired) electrons. The fourth-order valence-electron chi connectivity index (χ4n) is 2.95. The monoisotopic (exact) mass is 387 g/mol. The Hall–Kier alpha value is -2.64. The summed E-state index contributed by atoms with van der Waals surface area (Å²) in [6, 6.07) is 10.8. The van der Waals surface area contributed by atoms with Gasteiger partial charge in [-0.25, -0.2) is 8.42 Å². The first-order chi connectivity index (χ1) is 12.9. The van der Waals surface area contributed by atoms with Gasteiger partial charge in [-0.2, -0.15) is 4.31 Å². The number of hydrogen-bond acceptors (Lipinski definition) is 5. The Labute approximate surface area is 158 Å². The fourth-order valence-corrected chi connectivity index (χ4v) is 4.46. The number of ketones is 1. The van der Waals surface area contributed by atoms with E-state index in [0.717, 1.165) is 12.8 Å². The van der Waals surface area contributed by atoms with E-state index in [-0.39, 0.29) is 16.4 Å². The molecule has 1 heterocycles. The van der Waals surface area contributed by atoms with Crippen LogP contribution in [0, 0.1) is 0 Å². The maximum absolute atomic E-state index is 12.5. The lowest BCUT2D eigenvalue weighted by Crippen LogP contribution is -2.27. The van der Waals surface area contributed by atoms with Gasteiger partial charge in [0.25, 0.3) is 0 Å². The summed E-state index contributed by atoms with van der Waals surface area (Å²) in [7, 11) is -2.02. The maximum Gasteiger partial charge on any atom is 0.243 e. The summed E-state index contributed by atoms with van der Waals surface area (Å²) in [6.45, 7) is 1.08. The van der Waals surface area contributed by atoms with Crippen molar-refractivity contribution in [2.45, 2.75) is 17.7 Å². The van der Waals surface area contributed by atoms with E-state index in [4.69, 9.17) is 4.74 Å². The Bertz CT molecular complexity index is 958. The zero-order chi connectivity index (χ0) is 19.4. The van der Waals surface area contributed by atoms with Crippen molar-refractivity contribution in [3.8, 4) is 11.5 Å². The number of nitrogens with zero attached hydrogens (tertiary/aromatic N) is 1. The van der Waals surface area contributed by atoms with Crippen LogP contribution in [0.2, 0.25) is 0 Å². The van der Waals surface area contributed by atoms with Gasteiger partial charge in [0.15, 0.2) is 17.3 Å². The number of hydrogen-bond donors (Lipinski definition) is 1. The van der Waals surface area contributed by atoms with Gasteiger partial charge in [-0.05, 0) is 60.9 Å². The Morgan fingerprint density at radius 1 is 1.11 bits per heavy atom. The summed E-state index contributed by atoms with van der Waals surface area (Å²) >= 11 is 0. The second-order valence-electron chi connectivity index (χ2n) is 6.26. The number of phenols is 1. The number of carbonyl (C=O) groups excluding carboxylic acids is 1. The van der Waals surface area contributed by atoms with Crippen LogP contribution in [0.1, 0.15) is 28.8 Å². The number of methoxy groups -OCH3 is 1. The predicted molar refractivity (Wildman–Crippen MR) is 102 cm³/mol. The minimum Gasteiger partial charge on any atom is -0.504 e. The first-order valence-corrected chi connectivity index (χ1v) is 10.1. The van der Waals surface area contributed by atoms with Gasteiger partial charge >= 0.3 is 0 Å². The molecule has 1 saturated heterocycles. The number of aromatic hydroxyl groups is 1. The van der Waals surface area contributed by atoms with E-state index in [1.807, 2.05) is 0 Å². The van der Waals surface area contributed by atoms with Gasteiger partial charge in [-0.15, -0.1) is 0 Å². The van der Waals surface area contributed by atoms with Crippen molar-refractivity contribution in [2.24, 2.45) is 0 Å². The predicted octanol–water partition coefficient (Wildman–Crippen LogP) is 3.08. The van der Waals surface area contributed by atoms with Crippen LogP contribution in [0.3, 0.4) is 0 Å².